The molecule has 1 aliphatic heterocycles. The van der Waals surface area contributed by atoms with Crippen LogP contribution in [0.5, 0.6) is 5.75 Å². The number of nitrogens with zero attached hydrogens (tertiary/aromatic N) is 1. The van der Waals surface area contributed by atoms with Gasteiger partial charge in [0, 0.05) is 6.54 Å². The Morgan fingerprint density at radius 3 is 2.48 bits per heavy atom. The van der Waals surface area contributed by atoms with Crippen LogP contribution in [0.15, 0.2) is 24.3 Å². The molecule has 6 nitrogen and oxygen atoms in total. The zero-order valence-electron chi connectivity index (χ0n) is 17.6. The minimum atomic E-state index is -1.37. The Bertz CT molecular complexity index is 736. The Morgan fingerprint density at radius 2 is 1.90 bits per heavy atom. The van der Waals surface area contributed by atoms with E-state index in [2.05, 4.69) is 5.32 Å². The second kappa shape index (κ2) is 9.20. The van der Waals surface area contributed by atoms with E-state index in [0.29, 0.717) is 23.7 Å². The highest BCUT2D eigenvalue weighted by molar-refractivity contribution is 6.32. The van der Waals surface area contributed by atoms with Crippen LogP contribution >= 0.6 is 11.6 Å². The van der Waals surface area contributed by atoms with E-state index in [0.717, 1.165) is 0 Å². The van der Waals surface area contributed by atoms with Crippen LogP contribution < -0.4 is 10.1 Å². The molecule has 1 heterocycles. The van der Waals surface area contributed by atoms with Gasteiger partial charge in [-0.3, -0.25) is 4.79 Å². The van der Waals surface area contributed by atoms with Crippen molar-refractivity contribution in [3.8, 4) is 5.75 Å². The highest BCUT2D eigenvalue weighted by Gasteiger charge is 2.37. The third kappa shape index (κ3) is 6.77. The van der Waals surface area contributed by atoms with Crippen molar-refractivity contribution in [2.75, 3.05) is 19.7 Å². The lowest BCUT2D eigenvalue weighted by molar-refractivity contribution is -0.132. The first kappa shape index (κ1) is 23.3. The standard InChI is InChI=1S/C21H30ClFN2O4/c1-20(2,3)29-19(27)25-11-10-16(15(23)12-25)24-18(26)21(4,5)13-28-17-9-7-6-8-14(17)22/h6-9,15-16H,10-13H2,1-5H3,(H,24,26)/t15-,16?/m0/s1. The molecule has 8 heteroatoms. The van der Waals surface area contributed by atoms with Crippen LogP contribution in [0.25, 0.3) is 0 Å². The van der Waals surface area contributed by atoms with Gasteiger partial charge in [0.25, 0.3) is 0 Å². The van der Waals surface area contributed by atoms with Crippen LogP contribution in [-0.2, 0) is 9.53 Å². The molecule has 29 heavy (non-hydrogen) atoms. The number of piperidine rings is 1. The molecule has 0 radical (unpaired) electrons. The Labute approximate surface area is 176 Å². The van der Waals surface area contributed by atoms with Gasteiger partial charge >= 0.3 is 6.09 Å². The Kier molecular flexibility index (Phi) is 7.38. The quantitative estimate of drug-likeness (QED) is 0.762. The predicted molar refractivity (Wildman–Crippen MR) is 110 cm³/mol. The number of benzene rings is 1. The molecule has 1 aromatic carbocycles. The molecule has 0 saturated carbocycles. The van der Waals surface area contributed by atoms with Crippen LogP contribution in [-0.4, -0.2) is 54.4 Å². The minimum absolute atomic E-state index is 0.0935. The molecule has 0 aliphatic carbocycles. The van der Waals surface area contributed by atoms with E-state index in [-0.39, 0.29) is 19.1 Å². The van der Waals surface area contributed by atoms with Gasteiger partial charge in [0.15, 0.2) is 0 Å². The van der Waals surface area contributed by atoms with E-state index in [1.54, 1.807) is 58.9 Å². The second-order valence-electron chi connectivity index (χ2n) is 8.91. The van der Waals surface area contributed by atoms with Crippen LogP contribution in [0, 0.1) is 5.41 Å². The second-order valence-corrected chi connectivity index (χ2v) is 9.32. The van der Waals surface area contributed by atoms with Crippen molar-refractivity contribution in [1.29, 1.82) is 0 Å². The maximum atomic E-state index is 14.6. The number of rotatable bonds is 5. The van der Waals surface area contributed by atoms with E-state index >= 15 is 0 Å². The Hall–Kier alpha value is -2.02. The summed E-state index contributed by atoms with van der Waals surface area (Å²) in [4.78, 5) is 26.1. The first-order valence-electron chi connectivity index (χ1n) is 9.69. The first-order chi connectivity index (χ1) is 13.4. The highest BCUT2D eigenvalue weighted by atomic mass is 35.5. The number of nitrogens with one attached hydrogen (secondary N) is 1. The first-order valence-corrected chi connectivity index (χ1v) is 10.1. The van der Waals surface area contributed by atoms with Crippen molar-refractivity contribution >= 4 is 23.6 Å². The van der Waals surface area contributed by atoms with E-state index in [4.69, 9.17) is 21.1 Å². The smallest absolute Gasteiger partial charge is 0.410 e. The molecule has 2 rings (SSSR count). The van der Waals surface area contributed by atoms with E-state index in [1.807, 2.05) is 0 Å². The number of alkyl halides is 1. The summed E-state index contributed by atoms with van der Waals surface area (Å²) in [6.07, 6.45) is -1.60. The van der Waals surface area contributed by atoms with E-state index < -0.39 is 29.3 Å². The molecular formula is C21H30ClFN2O4. The zero-order chi connectivity index (χ0) is 21.8. The summed E-state index contributed by atoms with van der Waals surface area (Å²) in [5, 5.41) is 3.22. The van der Waals surface area contributed by atoms with Gasteiger partial charge in [-0.25, -0.2) is 9.18 Å². The molecule has 2 amide bonds. The Balaban J connectivity index is 1.88. The summed E-state index contributed by atoms with van der Waals surface area (Å²) in [6, 6.07) is 6.34. The SMILES string of the molecule is CC(C)(C)OC(=O)N1CCC(NC(=O)C(C)(C)COc2ccccc2Cl)[C@@H](F)C1. The summed E-state index contributed by atoms with van der Waals surface area (Å²) in [7, 11) is 0. The summed E-state index contributed by atoms with van der Waals surface area (Å²) in [5.41, 5.74) is -1.53. The zero-order valence-corrected chi connectivity index (χ0v) is 18.4. The number of carbonyl (C=O) groups excluding carboxylic acids is 2. The van der Waals surface area contributed by atoms with Gasteiger partial charge in [-0.2, -0.15) is 0 Å². The van der Waals surface area contributed by atoms with Crippen LogP contribution in [0.3, 0.4) is 0 Å². The molecule has 0 aromatic heterocycles. The predicted octanol–water partition coefficient (Wildman–Crippen LogP) is 4.21. The lowest BCUT2D eigenvalue weighted by atomic mass is 9.92. The van der Waals surface area contributed by atoms with Crippen molar-refractivity contribution in [3.05, 3.63) is 29.3 Å². The molecule has 1 N–H and O–H groups in total. The molecule has 1 saturated heterocycles. The van der Waals surface area contributed by atoms with Crippen LogP contribution in [0.2, 0.25) is 5.02 Å². The fraction of sp³-hybridized carbons (Fsp3) is 0.619. The highest BCUT2D eigenvalue weighted by Crippen LogP contribution is 2.26. The van der Waals surface area contributed by atoms with Crippen molar-refractivity contribution in [1.82, 2.24) is 10.2 Å². The average molecular weight is 429 g/mol. The Morgan fingerprint density at radius 1 is 1.24 bits per heavy atom. The number of amides is 2. The molecule has 1 unspecified atom stereocenters. The monoisotopic (exact) mass is 428 g/mol. The van der Waals surface area contributed by atoms with E-state index in [1.165, 1.54) is 4.90 Å². The molecule has 2 atom stereocenters. The number of halogens is 2. The number of para-hydroxylation sites is 1. The van der Waals surface area contributed by atoms with Crippen molar-refractivity contribution in [3.63, 3.8) is 0 Å². The summed E-state index contributed by atoms with van der Waals surface area (Å²) in [6.45, 7) is 9.03. The fourth-order valence-electron chi connectivity index (χ4n) is 2.81. The van der Waals surface area contributed by atoms with Gasteiger partial charge in [-0.1, -0.05) is 23.7 Å². The molecule has 0 bridgehead atoms. The van der Waals surface area contributed by atoms with Crippen molar-refractivity contribution in [2.24, 2.45) is 5.41 Å². The van der Waals surface area contributed by atoms with Gasteiger partial charge < -0.3 is 19.7 Å². The number of carbonyl (C=O) groups is 2. The molecule has 1 aliphatic rings. The van der Waals surface area contributed by atoms with Gasteiger partial charge in [0.1, 0.15) is 24.1 Å². The molecule has 0 spiro atoms. The maximum absolute atomic E-state index is 14.6. The van der Waals surface area contributed by atoms with Gasteiger partial charge in [0.05, 0.1) is 23.0 Å². The van der Waals surface area contributed by atoms with Gasteiger partial charge in [-0.15, -0.1) is 0 Å². The lowest BCUT2D eigenvalue weighted by Gasteiger charge is -2.37. The molecule has 162 valence electrons. The molecule has 1 fully saturated rings. The number of ether oxygens (including phenoxy) is 2. The summed E-state index contributed by atoms with van der Waals surface area (Å²) >= 11 is 6.07. The minimum Gasteiger partial charge on any atom is -0.491 e. The topological polar surface area (TPSA) is 67.9 Å². The number of hydrogen-bond donors (Lipinski definition) is 1. The molecular weight excluding hydrogens is 399 g/mol. The normalized spacial score (nSPS) is 20.2. The number of hydrogen-bond acceptors (Lipinski definition) is 4. The largest absolute Gasteiger partial charge is 0.491 e. The third-order valence-corrected chi connectivity index (χ3v) is 4.86. The van der Waals surface area contributed by atoms with E-state index in [9.17, 15) is 14.0 Å². The van der Waals surface area contributed by atoms with Crippen molar-refractivity contribution in [2.45, 2.75) is 58.9 Å². The van der Waals surface area contributed by atoms with Crippen LogP contribution in [0.1, 0.15) is 41.0 Å². The average Bonchev–Trinajstić information content (AvgIpc) is 2.61. The third-order valence-electron chi connectivity index (χ3n) is 4.55. The van der Waals surface area contributed by atoms with Crippen molar-refractivity contribution < 1.29 is 23.5 Å². The molecule has 1 aromatic rings. The maximum Gasteiger partial charge on any atom is 0.410 e. The van der Waals surface area contributed by atoms with Gasteiger partial charge in [-0.05, 0) is 53.2 Å². The lowest BCUT2D eigenvalue weighted by Crippen LogP contribution is -2.56. The van der Waals surface area contributed by atoms with Gasteiger partial charge in [0.2, 0.25) is 5.91 Å². The summed E-state index contributed by atoms with van der Waals surface area (Å²) < 4.78 is 25.6. The summed E-state index contributed by atoms with van der Waals surface area (Å²) in [5.74, 6) is 0.173. The van der Waals surface area contributed by atoms with Crippen LogP contribution in [0.4, 0.5) is 9.18 Å². The number of likely N-dealkylation sites (tertiary alicyclic amines) is 1. The fourth-order valence-corrected chi connectivity index (χ4v) is 3.00.